The molecule has 3 rings (SSSR count). The van der Waals surface area contributed by atoms with Gasteiger partial charge in [-0.05, 0) is 44.9 Å². The van der Waals surface area contributed by atoms with Crippen molar-refractivity contribution in [3.05, 3.63) is 42.1 Å². The summed E-state index contributed by atoms with van der Waals surface area (Å²) in [6.45, 7) is 2.96. The quantitative estimate of drug-likeness (QED) is 0.901. The minimum Gasteiger partial charge on any atom is -0.385 e. The third-order valence-corrected chi connectivity index (χ3v) is 4.27. The van der Waals surface area contributed by atoms with Gasteiger partial charge in [0.25, 0.3) is 0 Å². The van der Waals surface area contributed by atoms with Gasteiger partial charge in [0, 0.05) is 23.2 Å². The smallest absolute Gasteiger partial charge is 0.0898 e. The fourth-order valence-corrected chi connectivity index (χ4v) is 3.06. The third kappa shape index (κ3) is 2.84. The first-order chi connectivity index (χ1) is 9.65. The van der Waals surface area contributed by atoms with E-state index in [0.717, 1.165) is 35.9 Å². The maximum Gasteiger partial charge on any atom is 0.0898 e. The van der Waals surface area contributed by atoms with E-state index in [9.17, 15) is 5.11 Å². The van der Waals surface area contributed by atoms with Crippen LogP contribution in [0.3, 0.4) is 0 Å². The van der Waals surface area contributed by atoms with Crippen molar-refractivity contribution in [1.82, 2.24) is 10.3 Å². The number of nitrogens with zero attached hydrogens (tertiary/aromatic N) is 1. The molecule has 1 aromatic carbocycles. The van der Waals surface area contributed by atoms with Gasteiger partial charge in [0.05, 0.1) is 11.1 Å². The molecule has 2 aromatic rings. The highest BCUT2D eigenvalue weighted by Gasteiger charge is 2.28. The van der Waals surface area contributed by atoms with E-state index in [1.54, 1.807) is 0 Å². The van der Waals surface area contributed by atoms with Crippen LogP contribution < -0.4 is 5.32 Å². The molecular weight excluding hydrogens is 248 g/mol. The Balaban J connectivity index is 1.83. The van der Waals surface area contributed by atoms with E-state index in [4.69, 9.17) is 0 Å². The highest BCUT2D eigenvalue weighted by molar-refractivity contribution is 5.78. The molecule has 2 N–H and O–H groups in total. The van der Waals surface area contributed by atoms with Crippen molar-refractivity contribution in [3.8, 4) is 0 Å². The van der Waals surface area contributed by atoms with E-state index < -0.39 is 5.60 Å². The van der Waals surface area contributed by atoms with Crippen LogP contribution in [-0.4, -0.2) is 22.7 Å². The summed E-state index contributed by atoms with van der Waals surface area (Å²) in [7, 11) is 0. The van der Waals surface area contributed by atoms with Gasteiger partial charge in [-0.1, -0.05) is 24.6 Å². The van der Waals surface area contributed by atoms with Crippen molar-refractivity contribution < 1.29 is 5.11 Å². The van der Waals surface area contributed by atoms with Crippen molar-refractivity contribution in [2.45, 2.75) is 44.2 Å². The lowest BCUT2D eigenvalue weighted by molar-refractivity contribution is 0.0330. The summed E-state index contributed by atoms with van der Waals surface area (Å²) in [4.78, 5) is 4.46. The molecule has 2 atom stereocenters. The highest BCUT2D eigenvalue weighted by atomic mass is 16.3. The molecule has 0 amide bonds. The van der Waals surface area contributed by atoms with Gasteiger partial charge in [0.15, 0.2) is 0 Å². The van der Waals surface area contributed by atoms with Crippen LogP contribution in [0.2, 0.25) is 0 Å². The number of benzene rings is 1. The molecule has 1 saturated heterocycles. The summed E-state index contributed by atoms with van der Waals surface area (Å²) in [5, 5.41) is 15.4. The molecule has 0 spiro atoms. The molecule has 1 aliphatic heterocycles. The van der Waals surface area contributed by atoms with Crippen LogP contribution in [0.15, 0.2) is 36.5 Å². The summed E-state index contributed by atoms with van der Waals surface area (Å²) < 4.78 is 0. The van der Waals surface area contributed by atoms with Crippen LogP contribution in [0.5, 0.6) is 0 Å². The van der Waals surface area contributed by atoms with Crippen LogP contribution >= 0.6 is 0 Å². The second kappa shape index (κ2) is 5.51. The minimum atomic E-state index is -0.827. The van der Waals surface area contributed by atoms with Crippen LogP contribution in [0.25, 0.3) is 10.9 Å². The fraction of sp³-hybridized carbons (Fsp3) is 0.471. The fourth-order valence-electron chi connectivity index (χ4n) is 3.06. The Bertz CT molecular complexity index is 588. The van der Waals surface area contributed by atoms with Crippen molar-refractivity contribution in [3.63, 3.8) is 0 Å². The molecule has 2 heterocycles. The monoisotopic (exact) mass is 270 g/mol. The molecule has 0 aliphatic carbocycles. The lowest BCUT2D eigenvalue weighted by Gasteiger charge is -2.31. The number of para-hydroxylation sites is 1. The second-order valence-electron chi connectivity index (χ2n) is 6.04. The standard InChI is InChI=1S/C17H22N2O/c1-17(20,11-15-7-4-5-9-18-15)14-10-13-6-2-3-8-16(13)19-12-14/h2-3,6,8,10,12,15,18,20H,4-5,7,9,11H2,1H3. The molecule has 106 valence electrons. The predicted molar refractivity (Wildman–Crippen MR) is 81.6 cm³/mol. The molecule has 2 unspecified atom stereocenters. The van der Waals surface area contributed by atoms with Crippen molar-refractivity contribution in [2.24, 2.45) is 0 Å². The van der Waals surface area contributed by atoms with Gasteiger partial charge in [-0.3, -0.25) is 4.98 Å². The topological polar surface area (TPSA) is 45.1 Å². The Morgan fingerprint density at radius 3 is 3.00 bits per heavy atom. The molecule has 1 aromatic heterocycles. The minimum absolute atomic E-state index is 0.408. The summed E-state index contributed by atoms with van der Waals surface area (Å²) in [5.74, 6) is 0. The van der Waals surface area contributed by atoms with Crippen LogP contribution in [-0.2, 0) is 5.60 Å². The first kappa shape index (κ1) is 13.5. The average molecular weight is 270 g/mol. The molecule has 0 radical (unpaired) electrons. The van der Waals surface area contributed by atoms with Crippen LogP contribution in [0.4, 0.5) is 0 Å². The summed E-state index contributed by atoms with van der Waals surface area (Å²) >= 11 is 0. The third-order valence-electron chi connectivity index (χ3n) is 4.27. The number of rotatable bonds is 3. The van der Waals surface area contributed by atoms with E-state index in [2.05, 4.69) is 16.4 Å². The molecule has 0 saturated carbocycles. The maximum absolute atomic E-state index is 10.8. The number of hydrogen-bond acceptors (Lipinski definition) is 3. The number of hydrogen-bond donors (Lipinski definition) is 2. The largest absolute Gasteiger partial charge is 0.385 e. The van der Waals surface area contributed by atoms with Crippen LogP contribution in [0.1, 0.15) is 38.2 Å². The molecule has 1 fully saturated rings. The lowest BCUT2D eigenvalue weighted by atomic mass is 9.86. The van der Waals surface area contributed by atoms with Crippen molar-refractivity contribution in [1.29, 1.82) is 0 Å². The Morgan fingerprint density at radius 1 is 1.35 bits per heavy atom. The zero-order chi connectivity index (χ0) is 14.0. The summed E-state index contributed by atoms with van der Waals surface area (Å²) in [5.41, 5.74) is 1.05. The van der Waals surface area contributed by atoms with E-state index in [1.165, 1.54) is 12.8 Å². The highest BCUT2D eigenvalue weighted by Crippen LogP contribution is 2.29. The van der Waals surface area contributed by atoms with E-state index in [0.29, 0.717) is 6.04 Å². The Hall–Kier alpha value is -1.45. The molecule has 0 bridgehead atoms. The summed E-state index contributed by atoms with van der Waals surface area (Å²) in [6, 6.07) is 10.5. The van der Waals surface area contributed by atoms with E-state index in [-0.39, 0.29) is 0 Å². The van der Waals surface area contributed by atoms with Gasteiger partial charge < -0.3 is 10.4 Å². The SMILES string of the molecule is CC(O)(CC1CCCCN1)c1cnc2ccccc2c1. The molecule has 3 nitrogen and oxygen atoms in total. The number of nitrogens with one attached hydrogen (secondary N) is 1. The van der Waals surface area contributed by atoms with Crippen LogP contribution in [0, 0.1) is 0 Å². The molecular formula is C17H22N2O. The van der Waals surface area contributed by atoms with Crippen molar-refractivity contribution >= 4 is 10.9 Å². The lowest BCUT2D eigenvalue weighted by Crippen LogP contribution is -2.39. The molecule has 3 heteroatoms. The number of piperidine rings is 1. The first-order valence-electron chi connectivity index (χ1n) is 7.46. The Kier molecular flexibility index (Phi) is 3.72. The van der Waals surface area contributed by atoms with Gasteiger partial charge in [-0.15, -0.1) is 0 Å². The predicted octanol–water partition coefficient (Wildman–Crippen LogP) is 2.97. The van der Waals surface area contributed by atoms with Crippen molar-refractivity contribution in [2.75, 3.05) is 6.54 Å². The average Bonchev–Trinajstić information content (AvgIpc) is 2.47. The molecule has 20 heavy (non-hydrogen) atoms. The van der Waals surface area contributed by atoms with Gasteiger partial charge in [-0.25, -0.2) is 0 Å². The number of pyridine rings is 1. The zero-order valence-corrected chi connectivity index (χ0v) is 12.0. The number of fused-ring (bicyclic) bond motifs is 1. The summed E-state index contributed by atoms with van der Waals surface area (Å²) in [6.07, 6.45) is 6.20. The number of aromatic nitrogens is 1. The number of aliphatic hydroxyl groups is 1. The van der Waals surface area contributed by atoms with Gasteiger partial charge in [0.1, 0.15) is 0 Å². The first-order valence-corrected chi connectivity index (χ1v) is 7.46. The normalized spacial score (nSPS) is 22.6. The van der Waals surface area contributed by atoms with Gasteiger partial charge in [-0.2, -0.15) is 0 Å². The Morgan fingerprint density at radius 2 is 2.20 bits per heavy atom. The van der Waals surface area contributed by atoms with Gasteiger partial charge >= 0.3 is 0 Å². The maximum atomic E-state index is 10.8. The van der Waals surface area contributed by atoms with E-state index in [1.807, 2.05) is 37.4 Å². The Labute approximate surface area is 120 Å². The zero-order valence-electron chi connectivity index (χ0n) is 12.0. The molecule has 1 aliphatic rings. The second-order valence-corrected chi connectivity index (χ2v) is 6.04. The van der Waals surface area contributed by atoms with Gasteiger partial charge in [0.2, 0.25) is 0 Å². The van der Waals surface area contributed by atoms with E-state index >= 15 is 0 Å².